The van der Waals surface area contributed by atoms with Crippen LogP contribution in [0.1, 0.15) is 43.7 Å². The van der Waals surface area contributed by atoms with Crippen molar-refractivity contribution in [2.45, 2.75) is 39.0 Å². The van der Waals surface area contributed by atoms with Gasteiger partial charge in [-0.1, -0.05) is 37.6 Å². The van der Waals surface area contributed by atoms with Crippen molar-refractivity contribution in [1.29, 1.82) is 0 Å². The van der Waals surface area contributed by atoms with E-state index in [0.717, 1.165) is 10.9 Å². The topological polar surface area (TPSA) is 12.0 Å². The number of hydrogen-bond donors (Lipinski definition) is 1. The smallest absolute Gasteiger partial charge is 0.0443 e. The molecule has 1 aromatic rings. The number of nitrogens with one attached hydrogen (secondary N) is 1. The zero-order valence-corrected chi connectivity index (χ0v) is 11.6. The molecule has 0 aliphatic carbocycles. The van der Waals surface area contributed by atoms with Gasteiger partial charge in [0.15, 0.2) is 0 Å². The van der Waals surface area contributed by atoms with Crippen molar-refractivity contribution in [2.75, 3.05) is 13.1 Å². The summed E-state index contributed by atoms with van der Waals surface area (Å²) < 4.78 is 0. The minimum atomic E-state index is 0.510. The summed E-state index contributed by atoms with van der Waals surface area (Å²) in [4.78, 5) is 0. The summed E-state index contributed by atoms with van der Waals surface area (Å²) in [6.45, 7) is 6.71. The van der Waals surface area contributed by atoms with Crippen molar-refractivity contribution >= 4 is 11.6 Å². The molecule has 1 N–H and O–H groups in total. The second-order valence-electron chi connectivity index (χ2n) is 5.41. The Morgan fingerprint density at radius 2 is 2.00 bits per heavy atom. The summed E-state index contributed by atoms with van der Waals surface area (Å²) in [7, 11) is 0. The molecular formula is C15H22ClN. The van der Waals surface area contributed by atoms with Gasteiger partial charge in [-0.3, -0.25) is 0 Å². The molecule has 1 heterocycles. The van der Waals surface area contributed by atoms with Gasteiger partial charge in [-0.15, -0.1) is 0 Å². The third-order valence-corrected chi connectivity index (χ3v) is 4.00. The van der Waals surface area contributed by atoms with Crippen molar-refractivity contribution in [3.8, 4) is 0 Å². The SMILES string of the molecule is CC(C)c1ccc(CC2CCNCC2)cc1Cl. The quantitative estimate of drug-likeness (QED) is 0.856. The van der Waals surface area contributed by atoms with Crippen molar-refractivity contribution in [1.82, 2.24) is 5.32 Å². The van der Waals surface area contributed by atoms with Crippen LogP contribution in [0.2, 0.25) is 5.02 Å². The molecule has 1 aliphatic rings. The maximum atomic E-state index is 6.33. The lowest BCUT2D eigenvalue weighted by atomic mass is 9.90. The van der Waals surface area contributed by atoms with E-state index < -0.39 is 0 Å². The maximum absolute atomic E-state index is 6.33. The average molecular weight is 252 g/mol. The second-order valence-corrected chi connectivity index (χ2v) is 5.82. The highest BCUT2D eigenvalue weighted by molar-refractivity contribution is 6.31. The van der Waals surface area contributed by atoms with E-state index >= 15 is 0 Å². The van der Waals surface area contributed by atoms with E-state index in [9.17, 15) is 0 Å². The Hall–Kier alpha value is -0.530. The zero-order chi connectivity index (χ0) is 12.3. The Balaban J connectivity index is 2.04. The highest BCUT2D eigenvalue weighted by atomic mass is 35.5. The molecule has 1 nitrogen and oxygen atoms in total. The number of rotatable bonds is 3. The molecular weight excluding hydrogens is 230 g/mol. The van der Waals surface area contributed by atoms with Crippen molar-refractivity contribution < 1.29 is 0 Å². The molecule has 1 aliphatic heterocycles. The van der Waals surface area contributed by atoms with Gasteiger partial charge < -0.3 is 5.32 Å². The molecule has 1 saturated heterocycles. The fourth-order valence-corrected chi connectivity index (χ4v) is 3.01. The molecule has 0 amide bonds. The number of benzene rings is 1. The predicted octanol–water partition coefficient (Wildman–Crippen LogP) is 4.01. The van der Waals surface area contributed by atoms with Gasteiger partial charge in [0, 0.05) is 5.02 Å². The van der Waals surface area contributed by atoms with E-state index in [4.69, 9.17) is 11.6 Å². The monoisotopic (exact) mass is 251 g/mol. The van der Waals surface area contributed by atoms with Crippen LogP contribution in [-0.2, 0) is 6.42 Å². The normalized spacial score (nSPS) is 17.6. The summed E-state index contributed by atoms with van der Waals surface area (Å²) in [6, 6.07) is 6.62. The van der Waals surface area contributed by atoms with Crippen LogP contribution in [0.3, 0.4) is 0 Å². The number of piperidine rings is 1. The predicted molar refractivity (Wildman–Crippen MR) is 74.8 cm³/mol. The third-order valence-electron chi connectivity index (χ3n) is 3.67. The van der Waals surface area contributed by atoms with Gasteiger partial charge in [-0.25, -0.2) is 0 Å². The molecule has 0 atom stereocenters. The minimum Gasteiger partial charge on any atom is -0.317 e. The molecule has 94 valence electrons. The van der Waals surface area contributed by atoms with Crippen LogP contribution >= 0.6 is 11.6 Å². The summed E-state index contributed by atoms with van der Waals surface area (Å²) in [6.07, 6.45) is 3.77. The molecule has 1 aromatic carbocycles. The second kappa shape index (κ2) is 5.88. The lowest BCUT2D eigenvalue weighted by Crippen LogP contribution is -2.28. The molecule has 0 aromatic heterocycles. The molecule has 1 fully saturated rings. The Bertz CT molecular complexity index is 367. The van der Waals surface area contributed by atoms with Crippen LogP contribution in [0, 0.1) is 5.92 Å². The molecule has 0 bridgehead atoms. The van der Waals surface area contributed by atoms with E-state index in [0.29, 0.717) is 5.92 Å². The average Bonchev–Trinajstić information content (AvgIpc) is 2.30. The van der Waals surface area contributed by atoms with Crippen LogP contribution in [0.25, 0.3) is 0 Å². The number of halogens is 1. The van der Waals surface area contributed by atoms with Gasteiger partial charge in [0.25, 0.3) is 0 Å². The largest absolute Gasteiger partial charge is 0.317 e. The van der Waals surface area contributed by atoms with E-state index in [2.05, 4.69) is 37.4 Å². The minimum absolute atomic E-state index is 0.510. The van der Waals surface area contributed by atoms with E-state index in [1.165, 1.54) is 43.5 Å². The molecule has 2 heteroatoms. The van der Waals surface area contributed by atoms with Crippen LogP contribution in [-0.4, -0.2) is 13.1 Å². The maximum Gasteiger partial charge on any atom is 0.0443 e. The first-order chi connectivity index (χ1) is 8.16. The van der Waals surface area contributed by atoms with E-state index in [1.54, 1.807) is 0 Å². The van der Waals surface area contributed by atoms with Gasteiger partial charge in [0.05, 0.1) is 0 Å². The van der Waals surface area contributed by atoms with Crippen molar-refractivity contribution in [3.63, 3.8) is 0 Å². The summed E-state index contributed by atoms with van der Waals surface area (Å²) >= 11 is 6.33. The highest BCUT2D eigenvalue weighted by Crippen LogP contribution is 2.27. The zero-order valence-electron chi connectivity index (χ0n) is 10.8. The standard InChI is InChI=1S/C15H22ClN/c1-11(2)14-4-3-13(10-15(14)16)9-12-5-7-17-8-6-12/h3-4,10-12,17H,5-9H2,1-2H3. The molecule has 0 radical (unpaired) electrons. The summed E-state index contributed by atoms with van der Waals surface area (Å²) in [5, 5.41) is 4.35. The van der Waals surface area contributed by atoms with Gasteiger partial charge >= 0.3 is 0 Å². The Labute approximate surface area is 110 Å². The van der Waals surface area contributed by atoms with Crippen molar-refractivity contribution in [3.05, 3.63) is 34.3 Å². The van der Waals surface area contributed by atoms with Crippen LogP contribution in [0.15, 0.2) is 18.2 Å². The van der Waals surface area contributed by atoms with Gasteiger partial charge in [-0.05, 0) is 61.4 Å². The lowest BCUT2D eigenvalue weighted by Gasteiger charge is -2.23. The summed E-state index contributed by atoms with van der Waals surface area (Å²) in [5.41, 5.74) is 2.66. The molecule has 0 spiro atoms. The Morgan fingerprint density at radius 3 is 2.59 bits per heavy atom. The number of hydrogen-bond acceptors (Lipinski definition) is 1. The molecule has 0 unspecified atom stereocenters. The highest BCUT2D eigenvalue weighted by Gasteiger charge is 2.14. The third kappa shape index (κ3) is 3.46. The van der Waals surface area contributed by atoms with Gasteiger partial charge in [-0.2, -0.15) is 0 Å². The first kappa shape index (κ1) is 12.9. The van der Waals surface area contributed by atoms with Crippen LogP contribution in [0.4, 0.5) is 0 Å². The Morgan fingerprint density at radius 1 is 1.29 bits per heavy atom. The van der Waals surface area contributed by atoms with E-state index in [-0.39, 0.29) is 0 Å². The fourth-order valence-electron chi connectivity index (χ4n) is 2.59. The first-order valence-corrected chi connectivity index (χ1v) is 7.03. The first-order valence-electron chi connectivity index (χ1n) is 6.66. The lowest BCUT2D eigenvalue weighted by molar-refractivity contribution is 0.372. The fraction of sp³-hybridized carbons (Fsp3) is 0.600. The summed E-state index contributed by atoms with van der Waals surface area (Å²) in [5.74, 6) is 1.34. The van der Waals surface area contributed by atoms with Crippen molar-refractivity contribution in [2.24, 2.45) is 5.92 Å². The molecule has 17 heavy (non-hydrogen) atoms. The molecule has 2 rings (SSSR count). The Kier molecular flexibility index (Phi) is 4.47. The molecule has 0 saturated carbocycles. The van der Waals surface area contributed by atoms with Crippen LogP contribution in [0.5, 0.6) is 0 Å². The van der Waals surface area contributed by atoms with Gasteiger partial charge in [0.2, 0.25) is 0 Å². The van der Waals surface area contributed by atoms with Crippen LogP contribution < -0.4 is 5.32 Å². The van der Waals surface area contributed by atoms with E-state index in [1.807, 2.05) is 0 Å². The van der Waals surface area contributed by atoms with Gasteiger partial charge in [0.1, 0.15) is 0 Å².